The molecule has 1 aromatic carbocycles. The summed E-state index contributed by atoms with van der Waals surface area (Å²) in [5, 5.41) is 8.91. The molecule has 0 aromatic heterocycles. The van der Waals surface area contributed by atoms with Crippen LogP contribution in [0.4, 0.5) is 0 Å². The highest BCUT2D eigenvalue weighted by Crippen LogP contribution is 2.17. The number of carbonyl (C=O) groups is 2. The van der Waals surface area contributed by atoms with E-state index in [2.05, 4.69) is 0 Å². The molecular weight excluding hydrogens is 320 g/mol. The minimum Gasteiger partial charge on any atom is -0.494 e. The quantitative estimate of drug-likeness (QED) is 0.730. The second-order valence-electron chi connectivity index (χ2n) is 6.54. The van der Waals surface area contributed by atoms with Crippen LogP contribution < -0.4 is 4.74 Å². The van der Waals surface area contributed by atoms with Gasteiger partial charge in [-0.1, -0.05) is 18.2 Å². The molecule has 0 radical (unpaired) electrons. The summed E-state index contributed by atoms with van der Waals surface area (Å²) < 4.78 is 5.62. The molecule has 1 fully saturated rings. The van der Waals surface area contributed by atoms with Gasteiger partial charge in [0.1, 0.15) is 5.75 Å². The molecule has 1 aromatic rings. The smallest absolute Gasteiger partial charge is 0.317 e. The zero-order chi connectivity index (χ0) is 18.1. The number of rotatable bonds is 8. The monoisotopic (exact) mass is 348 g/mol. The number of hydrogen-bond acceptors (Lipinski definition) is 4. The Kier molecular flexibility index (Phi) is 7.73. The summed E-state index contributed by atoms with van der Waals surface area (Å²) >= 11 is 0. The van der Waals surface area contributed by atoms with Gasteiger partial charge in [-0.2, -0.15) is 0 Å². The predicted molar refractivity (Wildman–Crippen MR) is 95.7 cm³/mol. The molecule has 1 unspecified atom stereocenters. The van der Waals surface area contributed by atoms with Gasteiger partial charge in [-0.15, -0.1) is 0 Å². The van der Waals surface area contributed by atoms with Crippen molar-refractivity contribution in [3.63, 3.8) is 0 Å². The number of ether oxygens (including phenoxy) is 1. The third kappa shape index (κ3) is 6.74. The Balaban J connectivity index is 1.68. The van der Waals surface area contributed by atoms with E-state index in [4.69, 9.17) is 9.84 Å². The van der Waals surface area contributed by atoms with Crippen molar-refractivity contribution in [1.29, 1.82) is 0 Å². The molecule has 1 amide bonds. The van der Waals surface area contributed by atoms with Gasteiger partial charge in [-0.05, 0) is 44.9 Å². The third-order valence-electron chi connectivity index (χ3n) is 4.61. The minimum atomic E-state index is -0.807. The van der Waals surface area contributed by atoms with Gasteiger partial charge in [0.15, 0.2) is 0 Å². The van der Waals surface area contributed by atoms with Crippen molar-refractivity contribution in [2.24, 2.45) is 0 Å². The first kappa shape index (κ1) is 19.2. The van der Waals surface area contributed by atoms with Crippen LogP contribution in [-0.4, -0.2) is 66.1 Å². The summed E-state index contributed by atoms with van der Waals surface area (Å²) in [6, 6.07) is 9.84. The van der Waals surface area contributed by atoms with Crippen molar-refractivity contribution >= 4 is 11.9 Å². The maximum Gasteiger partial charge on any atom is 0.317 e. The van der Waals surface area contributed by atoms with Crippen LogP contribution in [0.1, 0.15) is 32.1 Å². The maximum absolute atomic E-state index is 12.4. The van der Waals surface area contributed by atoms with Crippen LogP contribution >= 0.6 is 0 Å². The van der Waals surface area contributed by atoms with E-state index in [9.17, 15) is 9.59 Å². The van der Waals surface area contributed by atoms with Crippen LogP contribution in [0.2, 0.25) is 0 Å². The van der Waals surface area contributed by atoms with E-state index in [0.717, 1.165) is 31.6 Å². The van der Waals surface area contributed by atoms with Gasteiger partial charge in [0.25, 0.3) is 0 Å². The second kappa shape index (κ2) is 10.0. The Bertz CT molecular complexity index is 550. The number of benzene rings is 1. The van der Waals surface area contributed by atoms with Crippen LogP contribution in [0.15, 0.2) is 30.3 Å². The van der Waals surface area contributed by atoms with Gasteiger partial charge in [-0.3, -0.25) is 14.5 Å². The van der Waals surface area contributed by atoms with Crippen molar-refractivity contribution in [3.05, 3.63) is 30.3 Å². The van der Waals surface area contributed by atoms with Crippen LogP contribution in [0, 0.1) is 0 Å². The number of hydrogen-bond donors (Lipinski definition) is 1. The number of likely N-dealkylation sites (N-methyl/N-ethyl adjacent to an activating group) is 1. The number of para-hydroxylation sites is 1. The third-order valence-corrected chi connectivity index (χ3v) is 4.61. The Morgan fingerprint density at radius 2 is 2.00 bits per heavy atom. The fourth-order valence-corrected chi connectivity index (χ4v) is 3.20. The second-order valence-corrected chi connectivity index (χ2v) is 6.54. The molecule has 1 atom stereocenters. The summed E-state index contributed by atoms with van der Waals surface area (Å²) in [6.07, 6.45) is 3.87. The zero-order valence-electron chi connectivity index (χ0n) is 14.9. The molecule has 0 bridgehead atoms. The van der Waals surface area contributed by atoms with Gasteiger partial charge >= 0.3 is 5.97 Å². The van der Waals surface area contributed by atoms with Gasteiger partial charge in [-0.25, -0.2) is 0 Å². The molecule has 1 aliphatic rings. The highest BCUT2D eigenvalue weighted by Gasteiger charge is 2.23. The van der Waals surface area contributed by atoms with E-state index in [-0.39, 0.29) is 18.5 Å². The number of carboxylic acids is 1. The van der Waals surface area contributed by atoms with E-state index >= 15 is 0 Å². The summed E-state index contributed by atoms with van der Waals surface area (Å²) in [6.45, 7) is 2.05. The first-order valence-electron chi connectivity index (χ1n) is 8.94. The van der Waals surface area contributed by atoms with Crippen LogP contribution in [0.3, 0.4) is 0 Å². The molecule has 6 nitrogen and oxygen atoms in total. The number of likely N-dealkylation sites (tertiary alicyclic amines) is 1. The molecule has 25 heavy (non-hydrogen) atoms. The molecular formula is C19H28N2O4. The lowest BCUT2D eigenvalue weighted by molar-refractivity contribution is -0.138. The molecule has 1 aliphatic heterocycles. The lowest BCUT2D eigenvalue weighted by Gasteiger charge is -2.25. The SMILES string of the molecule is CN(CC(=O)O)C1CCCN(C(=O)CCCOc2ccccc2)CC1. The van der Waals surface area contributed by atoms with Crippen molar-refractivity contribution in [2.45, 2.75) is 38.1 Å². The molecule has 6 heteroatoms. The van der Waals surface area contributed by atoms with Crippen molar-refractivity contribution in [1.82, 2.24) is 9.80 Å². The molecule has 1 saturated heterocycles. The summed E-state index contributed by atoms with van der Waals surface area (Å²) in [4.78, 5) is 27.0. The molecule has 2 rings (SSSR count). The Morgan fingerprint density at radius 3 is 2.72 bits per heavy atom. The average molecular weight is 348 g/mol. The van der Waals surface area contributed by atoms with Crippen LogP contribution in [0.5, 0.6) is 5.75 Å². The molecule has 1 N–H and O–H groups in total. The molecule has 138 valence electrons. The standard InChI is InChI=1S/C19H28N2O4/c1-20(15-19(23)24)16-7-5-12-21(13-11-16)18(22)10-6-14-25-17-8-3-2-4-9-17/h2-4,8-9,16H,5-7,10-15H2,1H3,(H,23,24). The molecule has 0 spiro atoms. The molecule has 0 saturated carbocycles. The normalized spacial score (nSPS) is 18.0. The van der Waals surface area contributed by atoms with Gasteiger partial charge in [0, 0.05) is 25.6 Å². The maximum atomic E-state index is 12.4. The van der Waals surface area contributed by atoms with Crippen LogP contribution in [0.25, 0.3) is 0 Å². The lowest BCUT2D eigenvalue weighted by Crippen LogP contribution is -2.37. The summed E-state index contributed by atoms with van der Waals surface area (Å²) in [5.74, 6) is 0.185. The highest BCUT2D eigenvalue weighted by atomic mass is 16.5. The Hall–Kier alpha value is -2.08. The van der Waals surface area contributed by atoms with Crippen molar-refractivity contribution < 1.29 is 19.4 Å². The zero-order valence-corrected chi connectivity index (χ0v) is 14.9. The largest absolute Gasteiger partial charge is 0.494 e. The fourth-order valence-electron chi connectivity index (χ4n) is 3.20. The molecule has 0 aliphatic carbocycles. The summed E-state index contributed by atoms with van der Waals surface area (Å²) in [5.41, 5.74) is 0. The number of carbonyl (C=O) groups excluding carboxylic acids is 1. The van der Waals surface area contributed by atoms with Crippen molar-refractivity contribution in [2.75, 3.05) is 33.3 Å². The Labute approximate surface area is 149 Å². The van der Waals surface area contributed by atoms with Crippen LogP contribution in [-0.2, 0) is 9.59 Å². The van der Waals surface area contributed by atoms with E-state index < -0.39 is 5.97 Å². The number of nitrogens with zero attached hydrogens (tertiary/aromatic N) is 2. The highest BCUT2D eigenvalue weighted by molar-refractivity contribution is 5.76. The predicted octanol–water partition coefficient (Wildman–Crippen LogP) is 2.24. The average Bonchev–Trinajstić information content (AvgIpc) is 2.85. The minimum absolute atomic E-state index is 0.0510. The number of amides is 1. The van der Waals surface area contributed by atoms with Gasteiger partial charge < -0.3 is 14.7 Å². The molecule has 1 heterocycles. The van der Waals surface area contributed by atoms with E-state index in [1.165, 1.54) is 0 Å². The number of carboxylic acid groups (broad SMARTS) is 1. The lowest BCUT2D eigenvalue weighted by atomic mass is 10.1. The van der Waals surface area contributed by atoms with E-state index in [1.54, 1.807) is 0 Å². The first-order chi connectivity index (χ1) is 12.1. The van der Waals surface area contributed by atoms with Gasteiger partial charge in [0.05, 0.1) is 13.2 Å². The topological polar surface area (TPSA) is 70.1 Å². The van der Waals surface area contributed by atoms with E-state index in [0.29, 0.717) is 26.0 Å². The van der Waals surface area contributed by atoms with Gasteiger partial charge in [0.2, 0.25) is 5.91 Å². The Morgan fingerprint density at radius 1 is 1.24 bits per heavy atom. The van der Waals surface area contributed by atoms with Crippen molar-refractivity contribution in [3.8, 4) is 5.75 Å². The number of aliphatic carboxylic acids is 1. The fraction of sp³-hybridized carbons (Fsp3) is 0.579. The van der Waals surface area contributed by atoms with E-state index in [1.807, 2.05) is 47.2 Å². The summed E-state index contributed by atoms with van der Waals surface area (Å²) in [7, 11) is 1.84. The first-order valence-corrected chi connectivity index (χ1v) is 8.94.